The Kier molecular flexibility index (Phi) is 4.12. The van der Waals surface area contributed by atoms with Crippen molar-refractivity contribution in [1.82, 2.24) is 4.98 Å². The van der Waals surface area contributed by atoms with Crippen LogP contribution in [0.3, 0.4) is 0 Å². The fraction of sp³-hybridized carbons (Fsp3) is 0.308. The topological polar surface area (TPSA) is 48.1 Å². The molecule has 1 atom stereocenters. The van der Waals surface area contributed by atoms with Gasteiger partial charge in [0.25, 0.3) is 0 Å². The monoisotopic (exact) mass is 248 g/mol. The Bertz CT molecular complexity index is 456. The van der Waals surface area contributed by atoms with Gasteiger partial charge in [-0.3, -0.25) is 4.98 Å². The van der Waals surface area contributed by atoms with E-state index in [0.717, 1.165) is 23.3 Å². The predicted octanol–water partition coefficient (Wildman–Crippen LogP) is 2.98. The molecule has 0 aliphatic carbocycles. The van der Waals surface area contributed by atoms with Crippen molar-refractivity contribution in [3.63, 3.8) is 0 Å². The molecule has 0 spiro atoms. The zero-order valence-corrected chi connectivity index (χ0v) is 10.6. The van der Waals surface area contributed by atoms with Gasteiger partial charge in [-0.2, -0.15) is 11.3 Å². The summed E-state index contributed by atoms with van der Waals surface area (Å²) in [6.07, 6.45) is 4.50. The highest BCUT2D eigenvalue weighted by Gasteiger charge is 2.10. The zero-order chi connectivity index (χ0) is 12.1. The van der Waals surface area contributed by atoms with Crippen molar-refractivity contribution in [1.29, 1.82) is 0 Å². The van der Waals surface area contributed by atoms with Crippen molar-refractivity contribution < 1.29 is 4.74 Å². The first-order valence-electron chi connectivity index (χ1n) is 5.66. The van der Waals surface area contributed by atoms with Crippen molar-refractivity contribution in [3.8, 4) is 5.75 Å². The maximum atomic E-state index is 6.17. The first-order valence-corrected chi connectivity index (χ1v) is 6.61. The van der Waals surface area contributed by atoms with Crippen LogP contribution < -0.4 is 10.5 Å². The molecule has 2 aromatic rings. The van der Waals surface area contributed by atoms with Gasteiger partial charge in [-0.15, -0.1) is 0 Å². The van der Waals surface area contributed by atoms with Crippen LogP contribution in [-0.4, -0.2) is 11.6 Å². The van der Waals surface area contributed by atoms with Gasteiger partial charge >= 0.3 is 0 Å². The van der Waals surface area contributed by atoms with Crippen LogP contribution in [0.25, 0.3) is 0 Å². The molecule has 0 fully saturated rings. The van der Waals surface area contributed by atoms with Crippen LogP contribution in [0.4, 0.5) is 0 Å². The van der Waals surface area contributed by atoms with Crippen molar-refractivity contribution in [2.75, 3.05) is 6.61 Å². The zero-order valence-electron chi connectivity index (χ0n) is 9.80. The van der Waals surface area contributed by atoms with Crippen LogP contribution >= 0.6 is 11.3 Å². The molecular weight excluding hydrogens is 232 g/mol. The lowest BCUT2D eigenvalue weighted by Gasteiger charge is -2.11. The lowest BCUT2D eigenvalue weighted by atomic mass is 10.0. The number of pyridine rings is 1. The van der Waals surface area contributed by atoms with E-state index in [-0.39, 0.29) is 6.04 Å². The molecule has 0 aliphatic rings. The summed E-state index contributed by atoms with van der Waals surface area (Å²) in [5.41, 5.74) is 8.27. The highest BCUT2D eigenvalue weighted by molar-refractivity contribution is 7.08. The van der Waals surface area contributed by atoms with E-state index < -0.39 is 0 Å². The van der Waals surface area contributed by atoms with Crippen LogP contribution in [0.15, 0.2) is 35.3 Å². The minimum Gasteiger partial charge on any atom is -0.492 e. The Labute approximate surface area is 105 Å². The Balaban J connectivity index is 2.15. The van der Waals surface area contributed by atoms with Gasteiger partial charge in [0.15, 0.2) is 0 Å². The summed E-state index contributed by atoms with van der Waals surface area (Å²) < 4.78 is 5.55. The molecule has 0 aliphatic heterocycles. The summed E-state index contributed by atoms with van der Waals surface area (Å²) in [5, 5.41) is 4.09. The number of rotatable bonds is 5. The molecule has 0 bridgehead atoms. The fourth-order valence-corrected chi connectivity index (χ4v) is 2.25. The average Bonchev–Trinajstić information content (AvgIpc) is 2.89. The van der Waals surface area contributed by atoms with Gasteiger partial charge in [0.1, 0.15) is 5.75 Å². The highest BCUT2D eigenvalue weighted by Crippen LogP contribution is 2.23. The predicted molar refractivity (Wildman–Crippen MR) is 70.4 cm³/mol. The second-order valence-electron chi connectivity index (χ2n) is 3.84. The van der Waals surface area contributed by atoms with Crippen molar-refractivity contribution in [3.05, 3.63) is 46.4 Å². The number of thiophene rings is 1. The van der Waals surface area contributed by atoms with Gasteiger partial charge in [0, 0.05) is 6.20 Å². The molecule has 0 aromatic carbocycles. The quantitative estimate of drug-likeness (QED) is 0.885. The second-order valence-corrected chi connectivity index (χ2v) is 4.62. The summed E-state index contributed by atoms with van der Waals surface area (Å²) in [6, 6.07) is 3.87. The maximum Gasteiger partial charge on any atom is 0.137 e. The molecule has 17 heavy (non-hydrogen) atoms. The van der Waals surface area contributed by atoms with Crippen LogP contribution in [0.5, 0.6) is 5.75 Å². The van der Waals surface area contributed by atoms with Gasteiger partial charge in [-0.25, -0.2) is 0 Å². The first kappa shape index (κ1) is 12.1. The summed E-state index contributed by atoms with van der Waals surface area (Å²) in [6.45, 7) is 2.78. The summed E-state index contributed by atoms with van der Waals surface area (Å²) in [7, 11) is 0. The minimum absolute atomic E-state index is 0.126. The Morgan fingerprint density at radius 1 is 1.41 bits per heavy atom. The molecule has 3 nitrogen and oxygen atoms in total. The van der Waals surface area contributed by atoms with Gasteiger partial charge < -0.3 is 10.5 Å². The van der Waals surface area contributed by atoms with Crippen LogP contribution in [0, 0.1) is 0 Å². The molecule has 2 rings (SSSR count). The number of nitrogens with two attached hydrogens (primary N) is 1. The first-order chi connectivity index (χ1) is 8.31. The maximum absolute atomic E-state index is 6.17. The largest absolute Gasteiger partial charge is 0.492 e. The normalized spacial score (nSPS) is 12.4. The molecular formula is C13H16N2OS. The van der Waals surface area contributed by atoms with Crippen molar-refractivity contribution in [2.24, 2.45) is 5.73 Å². The highest BCUT2D eigenvalue weighted by atomic mass is 32.1. The van der Waals surface area contributed by atoms with Gasteiger partial charge in [0.2, 0.25) is 0 Å². The summed E-state index contributed by atoms with van der Waals surface area (Å²) in [4.78, 5) is 4.17. The Morgan fingerprint density at radius 2 is 2.29 bits per heavy atom. The number of nitrogens with zero attached hydrogens (tertiary/aromatic N) is 1. The van der Waals surface area contributed by atoms with Crippen molar-refractivity contribution in [2.45, 2.75) is 19.4 Å². The van der Waals surface area contributed by atoms with E-state index in [2.05, 4.69) is 17.3 Å². The van der Waals surface area contributed by atoms with E-state index in [1.54, 1.807) is 23.7 Å². The van der Waals surface area contributed by atoms with E-state index in [0.29, 0.717) is 6.61 Å². The Morgan fingerprint density at radius 3 is 3.00 bits per heavy atom. The molecule has 1 unspecified atom stereocenters. The number of hydrogen-bond donors (Lipinski definition) is 1. The van der Waals surface area contributed by atoms with Crippen molar-refractivity contribution >= 4 is 11.3 Å². The van der Waals surface area contributed by atoms with Crippen LogP contribution in [0.1, 0.15) is 30.5 Å². The smallest absolute Gasteiger partial charge is 0.137 e. The third-order valence-electron chi connectivity index (χ3n) is 2.47. The third kappa shape index (κ3) is 3.05. The van der Waals surface area contributed by atoms with Gasteiger partial charge in [-0.05, 0) is 40.4 Å². The molecule has 0 saturated carbocycles. The number of aromatic nitrogens is 1. The molecule has 0 amide bonds. The minimum atomic E-state index is -0.126. The van der Waals surface area contributed by atoms with E-state index >= 15 is 0 Å². The SMILES string of the molecule is CCCOc1cncc(C(N)c2ccsc2)c1. The fourth-order valence-electron chi connectivity index (χ4n) is 1.55. The van der Waals surface area contributed by atoms with Gasteiger partial charge in [0.05, 0.1) is 18.8 Å². The van der Waals surface area contributed by atoms with E-state index in [1.807, 2.05) is 17.5 Å². The van der Waals surface area contributed by atoms with E-state index in [9.17, 15) is 0 Å². The molecule has 2 heterocycles. The molecule has 90 valence electrons. The summed E-state index contributed by atoms with van der Waals surface area (Å²) in [5.74, 6) is 0.787. The third-order valence-corrected chi connectivity index (χ3v) is 3.17. The lowest BCUT2D eigenvalue weighted by molar-refractivity contribution is 0.315. The molecule has 2 aromatic heterocycles. The summed E-state index contributed by atoms with van der Waals surface area (Å²) >= 11 is 1.65. The lowest BCUT2D eigenvalue weighted by Crippen LogP contribution is -2.11. The number of ether oxygens (including phenoxy) is 1. The van der Waals surface area contributed by atoms with Crippen LogP contribution in [-0.2, 0) is 0 Å². The standard InChI is InChI=1S/C13H16N2OS/c1-2-4-16-12-6-11(7-15-8-12)13(14)10-3-5-17-9-10/h3,5-9,13H,2,4,14H2,1H3. The molecule has 0 radical (unpaired) electrons. The second kappa shape index (κ2) is 5.80. The molecule has 2 N–H and O–H groups in total. The number of hydrogen-bond acceptors (Lipinski definition) is 4. The molecule has 0 saturated heterocycles. The van der Waals surface area contributed by atoms with Crippen LogP contribution in [0.2, 0.25) is 0 Å². The van der Waals surface area contributed by atoms with Gasteiger partial charge in [-0.1, -0.05) is 6.92 Å². The molecule has 4 heteroatoms. The van der Waals surface area contributed by atoms with E-state index in [4.69, 9.17) is 10.5 Å². The average molecular weight is 248 g/mol. The Hall–Kier alpha value is -1.39. The van der Waals surface area contributed by atoms with E-state index in [1.165, 1.54) is 0 Å².